The third-order valence-corrected chi connectivity index (χ3v) is 10.8. The van der Waals surface area contributed by atoms with Gasteiger partial charge in [0.05, 0.1) is 28.6 Å². The smallest absolute Gasteiger partial charge is 0.264 e. The summed E-state index contributed by atoms with van der Waals surface area (Å²) in [6, 6.07) is 19.5. The molecule has 0 saturated carbocycles. The number of rotatable bonds is 9. The number of amides is 1. The number of sulfonamides is 2. The Kier molecular flexibility index (Phi) is 8.52. The van der Waals surface area contributed by atoms with Gasteiger partial charge in [-0.2, -0.15) is 4.31 Å². The Morgan fingerprint density at radius 3 is 2.22 bits per heavy atom. The molecule has 1 fully saturated rings. The number of para-hydroxylation sites is 2. The molecule has 1 amide bonds. The molecule has 3 aromatic carbocycles. The molecule has 0 spiro atoms. The Balaban J connectivity index is 1.18. The highest BCUT2D eigenvalue weighted by Crippen LogP contribution is 2.36. The second-order valence-electron chi connectivity index (χ2n) is 10.00. The molecule has 0 radical (unpaired) electrons. The van der Waals surface area contributed by atoms with Gasteiger partial charge >= 0.3 is 0 Å². The molecule has 0 aromatic heterocycles. The third kappa shape index (κ3) is 6.34. The fraction of sp³-hybridized carbons (Fsp3) is 0.345. The van der Waals surface area contributed by atoms with Gasteiger partial charge in [-0.15, -0.1) is 0 Å². The fourth-order valence-corrected chi connectivity index (χ4v) is 7.82. The van der Waals surface area contributed by atoms with Crippen LogP contribution in [0.4, 0.5) is 5.69 Å². The van der Waals surface area contributed by atoms with Crippen LogP contribution in [-0.4, -0.2) is 65.9 Å². The van der Waals surface area contributed by atoms with Crippen molar-refractivity contribution in [3.8, 4) is 11.5 Å². The van der Waals surface area contributed by atoms with E-state index >= 15 is 0 Å². The van der Waals surface area contributed by atoms with Gasteiger partial charge < -0.3 is 14.8 Å². The zero-order valence-electron chi connectivity index (χ0n) is 22.7. The molecule has 2 heterocycles. The van der Waals surface area contributed by atoms with Crippen LogP contribution in [0.15, 0.2) is 82.6 Å². The van der Waals surface area contributed by atoms with Crippen LogP contribution in [0.25, 0.3) is 0 Å². The minimum Gasteiger partial charge on any atom is -0.492 e. The minimum atomic E-state index is -3.94. The van der Waals surface area contributed by atoms with Gasteiger partial charge in [0.2, 0.25) is 10.0 Å². The van der Waals surface area contributed by atoms with Crippen LogP contribution in [-0.2, 0) is 24.8 Å². The Bertz CT molecular complexity index is 1590. The predicted octanol–water partition coefficient (Wildman–Crippen LogP) is 3.32. The SMILES string of the molecule is Cc1ccc(S(=O)(=O)N2CC(C(=O)NCCOc3ccc(S(=O)(=O)N4CCCCC4)cc3)Oc3ccccc32)cc1. The number of nitrogens with zero attached hydrogens (tertiary/aromatic N) is 2. The van der Waals surface area contributed by atoms with Crippen molar-refractivity contribution in [1.29, 1.82) is 0 Å². The highest BCUT2D eigenvalue weighted by Gasteiger charge is 2.37. The van der Waals surface area contributed by atoms with Crippen molar-refractivity contribution in [3.63, 3.8) is 0 Å². The van der Waals surface area contributed by atoms with Crippen LogP contribution in [0.1, 0.15) is 24.8 Å². The number of nitrogens with one attached hydrogen (secondary N) is 1. The standard InChI is InChI=1S/C29H33N3O7S2/c1-22-9-13-25(14-10-22)41(36,37)32-21-28(39-27-8-4-3-7-26(27)32)29(33)30-17-20-38-23-11-15-24(16-12-23)40(34,35)31-18-5-2-6-19-31/h3-4,7-16,28H,2,5-6,17-21H2,1H3,(H,30,33). The molecule has 0 bridgehead atoms. The van der Waals surface area contributed by atoms with Gasteiger partial charge in [-0.25, -0.2) is 16.8 Å². The number of carbonyl (C=O) groups is 1. The van der Waals surface area contributed by atoms with Crippen LogP contribution >= 0.6 is 0 Å². The van der Waals surface area contributed by atoms with E-state index in [1.54, 1.807) is 60.7 Å². The van der Waals surface area contributed by atoms with Gasteiger partial charge in [-0.1, -0.05) is 36.2 Å². The first-order valence-electron chi connectivity index (χ1n) is 13.5. The Hall–Kier alpha value is -3.61. The summed E-state index contributed by atoms with van der Waals surface area (Å²) in [7, 11) is -7.46. The summed E-state index contributed by atoms with van der Waals surface area (Å²) in [5, 5.41) is 2.74. The summed E-state index contributed by atoms with van der Waals surface area (Å²) in [5.74, 6) is 0.288. The highest BCUT2D eigenvalue weighted by molar-refractivity contribution is 7.92. The van der Waals surface area contributed by atoms with Crippen molar-refractivity contribution in [2.75, 3.05) is 37.1 Å². The van der Waals surface area contributed by atoms with Gasteiger partial charge in [0.25, 0.3) is 15.9 Å². The maximum Gasteiger partial charge on any atom is 0.264 e. The van der Waals surface area contributed by atoms with Crippen molar-refractivity contribution in [3.05, 3.63) is 78.4 Å². The van der Waals surface area contributed by atoms with Crippen LogP contribution in [0.3, 0.4) is 0 Å². The lowest BCUT2D eigenvalue weighted by atomic mass is 10.2. The number of piperidine rings is 1. The van der Waals surface area contributed by atoms with Gasteiger partial charge in [-0.3, -0.25) is 9.10 Å². The molecule has 0 aliphatic carbocycles. The summed E-state index contributed by atoms with van der Waals surface area (Å²) in [6.07, 6.45) is 1.71. The average molecular weight is 600 g/mol. The zero-order chi connectivity index (χ0) is 29.0. The number of anilines is 1. The first-order chi connectivity index (χ1) is 19.7. The minimum absolute atomic E-state index is 0.124. The molecule has 2 aliphatic heterocycles. The molecule has 12 heteroatoms. The summed E-state index contributed by atoms with van der Waals surface area (Å²) < 4.78 is 66.9. The van der Waals surface area contributed by atoms with E-state index in [9.17, 15) is 21.6 Å². The molecule has 1 unspecified atom stereocenters. The topological polar surface area (TPSA) is 122 Å². The zero-order valence-corrected chi connectivity index (χ0v) is 24.4. The first-order valence-corrected chi connectivity index (χ1v) is 16.4. The second kappa shape index (κ2) is 12.1. The van der Waals surface area contributed by atoms with Crippen LogP contribution in [0.2, 0.25) is 0 Å². The summed E-state index contributed by atoms with van der Waals surface area (Å²) in [4.78, 5) is 13.3. The van der Waals surface area contributed by atoms with E-state index in [2.05, 4.69) is 5.32 Å². The number of benzene rings is 3. The summed E-state index contributed by atoms with van der Waals surface area (Å²) >= 11 is 0. The van der Waals surface area contributed by atoms with E-state index in [0.29, 0.717) is 30.3 Å². The van der Waals surface area contributed by atoms with E-state index in [1.807, 2.05) is 6.92 Å². The third-order valence-electron chi connectivity index (χ3n) is 7.08. The lowest BCUT2D eigenvalue weighted by Crippen LogP contribution is -2.51. The van der Waals surface area contributed by atoms with Crippen molar-refractivity contribution < 1.29 is 31.1 Å². The largest absolute Gasteiger partial charge is 0.492 e. The van der Waals surface area contributed by atoms with Crippen LogP contribution in [0, 0.1) is 6.92 Å². The van der Waals surface area contributed by atoms with Crippen LogP contribution in [0.5, 0.6) is 11.5 Å². The van der Waals surface area contributed by atoms with Gasteiger partial charge in [0.1, 0.15) is 18.1 Å². The summed E-state index contributed by atoms with van der Waals surface area (Å²) in [6.45, 7) is 3.02. The molecular formula is C29H33N3O7S2. The maximum atomic E-state index is 13.5. The molecule has 10 nitrogen and oxygen atoms in total. The molecule has 5 rings (SSSR count). The van der Waals surface area contributed by atoms with E-state index in [1.165, 1.54) is 20.7 Å². The molecule has 1 atom stereocenters. The highest BCUT2D eigenvalue weighted by atomic mass is 32.2. The van der Waals surface area contributed by atoms with Crippen LogP contribution < -0.4 is 19.1 Å². The fourth-order valence-electron chi connectivity index (χ4n) is 4.82. The Morgan fingerprint density at radius 1 is 0.878 bits per heavy atom. The monoisotopic (exact) mass is 599 g/mol. The Labute approximate surface area is 241 Å². The van der Waals surface area contributed by atoms with E-state index in [0.717, 1.165) is 24.8 Å². The van der Waals surface area contributed by atoms with E-state index in [-0.39, 0.29) is 29.5 Å². The van der Waals surface area contributed by atoms with Gasteiger partial charge in [0.15, 0.2) is 6.10 Å². The number of ether oxygens (including phenoxy) is 2. The number of fused-ring (bicyclic) bond motifs is 1. The van der Waals surface area contributed by atoms with Crippen molar-refractivity contribution >= 4 is 31.6 Å². The molecule has 1 N–H and O–H groups in total. The second-order valence-corrected chi connectivity index (χ2v) is 13.8. The molecule has 3 aromatic rings. The lowest BCUT2D eigenvalue weighted by molar-refractivity contribution is -0.127. The van der Waals surface area contributed by atoms with Crippen molar-refractivity contribution in [2.45, 2.75) is 42.1 Å². The Morgan fingerprint density at radius 2 is 1.51 bits per heavy atom. The molecule has 218 valence electrons. The van der Waals surface area contributed by atoms with Crippen molar-refractivity contribution in [2.24, 2.45) is 0 Å². The predicted molar refractivity (Wildman–Crippen MR) is 154 cm³/mol. The van der Waals surface area contributed by atoms with Gasteiger partial charge in [0, 0.05) is 13.1 Å². The average Bonchev–Trinajstić information content (AvgIpc) is 2.99. The van der Waals surface area contributed by atoms with Crippen molar-refractivity contribution in [1.82, 2.24) is 9.62 Å². The number of carbonyl (C=O) groups excluding carboxylic acids is 1. The molecular weight excluding hydrogens is 566 g/mol. The number of aryl methyl sites for hydroxylation is 1. The molecule has 41 heavy (non-hydrogen) atoms. The molecule has 1 saturated heterocycles. The van der Waals surface area contributed by atoms with E-state index in [4.69, 9.17) is 9.47 Å². The van der Waals surface area contributed by atoms with Gasteiger partial charge in [-0.05, 0) is 68.3 Å². The van der Waals surface area contributed by atoms with E-state index < -0.39 is 32.1 Å². The maximum absolute atomic E-state index is 13.5. The quantitative estimate of drug-likeness (QED) is 0.375. The first kappa shape index (κ1) is 28.9. The lowest BCUT2D eigenvalue weighted by Gasteiger charge is -2.34. The molecule has 2 aliphatic rings. The number of hydrogen-bond donors (Lipinski definition) is 1. The summed E-state index contributed by atoms with van der Waals surface area (Å²) in [5.41, 5.74) is 1.30. The number of hydrogen-bond acceptors (Lipinski definition) is 7. The normalized spacial score (nSPS) is 17.8.